The van der Waals surface area contributed by atoms with E-state index in [1.54, 1.807) is 12.1 Å². The highest BCUT2D eigenvalue weighted by Crippen LogP contribution is 2.40. The Bertz CT molecular complexity index is 1120. The van der Waals surface area contributed by atoms with E-state index in [1.807, 2.05) is 24.3 Å². The van der Waals surface area contributed by atoms with Crippen LogP contribution >= 0.6 is 0 Å². The number of primary sulfonamides is 1. The number of carbonyl (C=O) groups excluding carboxylic acids is 1. The molecular formula is C26H34N4O3S. The summed E-state index contributed by atoms with van der Waals surface area (Å²) in [6, 6.07) is 17.4. The number of nitrogens with one attached hydrogen (secondary N) is 3. The molecule has 1 heterocycles. The highest BCUT2D eigenvalue weighted by molar-refractivity contribution is 7.89. The summed E-state index contributed by atoms with van der Waals surface area (Å²) >= 11 is 0. The molecule has 1 aliphatic heterocycles. The van der Waals surface area contributed by atoms with Crippen LogP contribution in [0.15, 0.2) is 59.5 Å². The number of hydrogen-bond acceptors (Lipinski definition) is 5. The number of fused-ring (bicyclic) bond motifs is 1. The summed E-state index contributed by atoms with van der Waals surface area (Å²) in [5.74, 6) is 0.704. The first kappa shape index (κ1) is 23.5. The molecule has 3 aliphatic rings. The molecule has 2 aromatic carbocycles. The fourth-order valence-electron chi connectivity index (χ4n) is 6.28. The van der Waals surface area contributed by atoms with Crippen molar-refractivity contribution in [2.75, 3.05) is 0 Å². The third-order valence-corrected chi connectivity index (χ3v) is 8.87. The van der Waals surface area contributed by atoms with Gasteiger partial charge in [0, 0.05) is 12.1 Å². The van der Waals surface area contributed by atoms with Crippen molar-refractivity contribution in [3.8, 4) is 0 Å². The van der Waals surface area contributed by atoms with E-state index in [0.717, 1.165) is 43.2 Å². The number of rotatable bonds is 6. The lowest BCUT2D eigenvalue weighted by Gasteiger charge is -2.35. The average Bonchev–Trinajstić information content (AvgIpc) is 3.50. The summed E-state index contributed by atoms with van der Waals surface area (Å²) in [6.07, 6.45) is 7.34. The summed E-state index contributed by atoms with van der Waals surface area (Å²) in [4.78, 5) is 13.7. The normalized spacial score (nSPS) is 28.4. The lowest BCUT2D eigenvalue weighted by atomic mass is 9.77. The van der Waals surface area contributed by atoms with E-state index in [9.17, 15) is 13.2 Å². The molecule has 7 nitrogen and oxygen atoms in total. The van der Waals surface area contributed by atoms with Crippen molar-refractivity contribution in [3.63, 3.8) is 0 Å². The second-order valence-electron chi connectivity index (χ2n) is 10.1. The van der Waals surface area contributed by atoms with Crippen LogP contribution < -0.4 is 21.3 Å². The molecule has 2 aromatic rings. The second-order valence-corrected chi connectivity index (χ2v) is 11.7. The van der Waals surface area contributed by atoms with Crippen LogP contribution in [0.2, 0.25) is 0 Å². The Morgan fingerprint density at radius 3 is 2.47 bits per heavy atom. The smallest absolute Gasteiger partial charge is 0.238 e. The van der Waals surface area contributed by atoms with E-state index in [-0.39, 0.29) is 40.8 Å². The zero-order valence-electron chi connectivity index (χ0n) is 19.3. The molecule has 8 heteroatoms. The lowest BCUT2D eigenvalue weighted by molar-refractivity contribution is -0.124. The van der Waals surface area contributed by atoms with Gasteiger partial charge >= 0.3 is 0 Å². The van der Waals surface area contributed by atoms with Crippen molar-refractivity contribution >= 4 is 15.9 Å². The highest BCUT2D eigenvalue weighted by atomic mass is 32.2. The maximum absolute atomic E-state index is 13.6. The molecular weight excluding hydrogens is 448 g/mol. The first-order chi connectivity index (χ1) is 16.4. The van der Waals surface area contributed by atoms with Crippen LogP contribution in [0.4, 0.5) is 0 Å². The zero-order valence-corrected chi connectivity index (χ0v) is 20.1. The molecule has 182 valence electrons. The Morgan fingerprint density at radius 2 is 1.74 bits per heavy atom. The molecule has 3 fully saturated rings. The molecule has 0 aromatic heterocycles. The van der Waals surface area contributed by atoms with Gasteiger partial charge in [0.2, 0.25) is 15.9 Å². The largest absolute Gasteiger partial charge is 0.353 e. The standard InChI is InChI=1S/C26H34N4O3S/c27-34(32,33)21-12-6-11-19(15-21)25-22-16-20(13-14-23(22)29-30-25)28-26(31)24(18-9-4-5-10-18)17-7-2-1-3-8-17/h1-3,6-8,11-12,15,18,20,22-25,29-30H,4-5,9-10,13-14,16H2,(H,28,31)(H2,27,32,33). The lowest BCUT2D eigenvalue weighted by Crippen LogP contribution is -2.46. The van der Waals surface area contributed by atoms with Crippen molar-refractivity contribution < 1.29 is 13.2 Å². The molecule has 5 rings (SSSR count). The number of amides is 1. The van der Waals surface area contributed by atoms with Crippen molar-refractivity contribution in [2.24, 2.45) is 17.0 Å². The number of benzene rings is 2. The summed E-state index contributed by atoms with van der Waals surface area (Å²) in [7, 11) is -3.76. The van der Waals surface area contributed by atoms with Crippen LogP contribution in [0.1, 0.15) is 68.0 Å². The maximum Gasteiger partial charge on any atom is 0.238 e. The van der Waals surface area contributed by atoms with E-state index in [0.29, 0.717) is 5.92 Å². The van der Waals surface area contributed by atoms with E-state index < -0.39 is 10.0 Å². The van der Waals surface area contributed by atoms with Crippen molar-refractivity contribution in [1.82, 2.24) is 16.2 Å². The maximum atomic E-state index is 13.6. The minimum absolute atomic E-state index is 0.0360. The van der Waals surface area contributed by atoms with Crippen LogP contribution in [-0.2, 0) is 14.8 Å². The van der Waals surface area contributed by atoms with Gasteiger partial charge in [-0.2, -0.15) is 0 Å². The molecule has 2 saturated carbocycles. The van der Waals surface area contributed by atoms with Crippen LogP contribution in [0.25, 0.3) is 0 Å². The topological polar surface area (TPSA) is 113 Å². The van der Waals surface area contributed by atoms with E-state index in [1.165, 1.54) is 18.9 Å². The summed E-state index contributed by atoms with van der Waals surface area (Å²) in [6.45, 7) is 0. The van der Waals surface area contributed by atoms with Crippen molar-refractivity contribution in [2.45, 2.75) is 73.9 Å². The fourth-order valence-corrected chi connectivity index (χ4v) is 6.85. The summed E-state index contributed by atoms with van der Waals surface area (Å²) < 4.78 is 23.7. The van der Waals surface area contributed by atoms with Crippen LogP contribution in [0.5, 0.6) is 0 Å². The molecule has 0 bridgehead atoms. The summed E-state index contributed by atoms with van der Waals surface area (Å²) in [5.41, 5.74) is 8.76. The number of hydrogen-bond donors (Lipinski definition) is 4. The summed E-state index contributed by atoms with van der Waals surface area (Å²) in [5, 5.41) is 8.75. The Kier molecular flexibility index (Phi) is 6.75. The van der Waals surface area contributed by atoms with Gasteiger partial charge in [-0.05, 0) is 67.2 Å². The van der Waals surface area contributed by atoms with Gasteiger partial charge in [-0.1, -0.05) is 55.3 Å². The zero-order chi connectivity index (χ0) is 23.7. The number of sulfonamides is 1. The predicted octanol–water partition coefficient (Wildman–Crippen LogP) is 3.11. The minimum atomic E-state index is -3.76. The Labute approximate surface area is 201 Å². The Balaban J connectivity index is 1.31. The number of carbonyl (C=O) groups is 1. The van der Waals surface area contributed by atoms with Crippen LogP contribution in [-0.4, -0.2) is 26.4 Å². The Hall–Kier alpha value is -2.26. The van der Waals surface area contributed by atoms with E-state index in [2.05, 4.69) is 28.3 Å². The quantitative estimate of drug-likeness (QED) is 0.505. The fraction of sp³-hybridized carbons (Fsp3) is 0.500. The molecule has 0 spiro atoms. The molecule has 5 atom stereocenters. The molecule has 5 unspecified atom stereocenters. The third kappa shape index (κ3) is 4.91. The second kappa shape index (κ2) is 9.77. The van der Waals surface area contributed by atoms with Crippen LogP contribution in [0, 0.1) is 11.8 Å². The van der Waals surface area contributed by atoms with Gasteiger partial charge in [-0.3, -0.25) is 10.2 Å². The number of hydrazine groups is 1. The molecule has 2 aliphatic carbocycles. The highest BCUT2D eigenvalue weighted by Gasteiger charge is 2.42. The van der Waals surface area contributed by atoms with Crippen molar-refractivity contribution in [3.05, 3.63) is 65.7 Å². The van der Waals surface area contributed by atoms with Gasteiger partial charge in [0.15, 0.2) is 0 Å². The van der Waals surface area contributed by atoms with Gasteiger partial charge in [0.05, 0.1) is 16.9 Å². The molecule has 1 saturated heterocycles. The molecule has 5 N–H and O–H groups in total. The predicted molar refractivity (Wildman–Crippen MR) is 131 cm³/mol. The van der Waals surface area contributed by atoms with Gasteiger partial charge < -0.3 is 5.32 Å². The van der Waals surface area contributed by atoms with Crippen LogP contribution in [0.3, 0.4) is 0 Å². The van der Waals surface area contributed by atoms with Crippen molar-refractivity contribution in [1.29, 1.82) is 0 Å². The van der Waals surface area contributed by atoms with Gasteiger partial charge in [0.25, 0.3) is 0 Å². The molecule has 34 heavy (non-hydrogen) atoms. The Morgan fingerprint density at radius 1 is 0.971 bits per heavy atom. The average molecular weight is 483 g/mol. The third-order valence-electron chi connectivity index (χ3n) is 7.96. The minimum Gasteiger partial charge on any atom is -0.353 e. The SMILES string of the molecule is NS(=O)(=O)c1cccc(C2NNC3CCC(NC(=O)C(c4ccccc4)C4CCCC4)CC32)c1. The molecule has 1 amide bonds. The van der Waals surface area contributed by atoms with E-state index in [4.69, 9.17) is 5.14 Å². The van der Waals surface area contributed by atoms with Gasteiger partial charge in [0.1, 0.15) is 0 Å². The van der Waals surface area contributed by atoms with E-state index >= 15 is 0 Å². The molecule has 0 radical (unpaired) electrons. The first-order valence-electron chi connectivity index (χ1n) is 12.4. The van der Waals surface area contributed by atoms with Gasteiger partial charge in [-0.25, -0.2) is 19.0 Å². The monoisotopic (exact) mass is 482 g/mol. The number of nitrogens with two attached hydrogens (primary N) is 1. The first-order valence-corrected chi connectivity index (χ1v) is 13.9. The van der Waals surface area contributed by atoms with Gasteiger partial charge in [-0.15, -0.1) is 0 Å².